The Bertz CT molecular complexity index is 878. The maximum Gasteiger partial charge on any atom is 0.452 e. The van der Waals surface area contributed by atoms with Crippen LogP contribution in [0.2, 0.25) is 0 Å². The first-order valence-corrected chi connectivity index (χ1v) is 10.1. The standard InChI is InChI=1S/2C12H9.Mg/c2*1-3-7-11(8-4-1)12-9-5-2-6-10-12;/h2*1-9H;. The Morgan fingerprint density at radius 1 is 0.360 bits per heavy atom. The van der Waals surface area contributed by atoms with Gasteiger partial charge in [-0.3, -0.25) is 0 Å². The van der Waals surface area contributed by atoms with Gasteiger partial charge in [-0.1, -0.05) is 109 Å². The maximum absolute atomic E-state index is 2.30. The smallest absolute Gasteiger partial charge is 0.157 e. The Hall–Kier alpha value is -2.35. The Morgan fingerprint density at radius 2 is 0.720 bits per heavy atom. The summed E-state index contributed by atoms with van der Waals surface area (Å²) >= 11 is -0.580. The Morgan fingerprint density at radius 3 is 1.16 bits per heavy atom. The molecule has 25 heavy (non-hydrogen) atoms. The lowest BCUT2D eigenvalue weighted by molar-refractivity contribution is 1.64. The van der Waals surface area contributed by atoms with E-state index in [-0.39, 0.29) is 0 Å². The summed E-state index contributed by atoms with van der Waals surface area (Å²) in [7, 11) is 0. The molecule has 4 aromatic carbocycles. The molecule has 0 radical (unpaired) electrons. The predicted octanol–water partition coefficient (Wildman–Crippen LogP) is 4.68. The maximum atomic E-state index is 2.30. The van der Waals surface area contributed by atoms with Crippen LogP contribution >= 0.6 is 0 Å². The van der Waals surface area contributed by atoms with Gasteiger partial charge in [0.25, 0.3) is 0 Å². The van der Waals surface area contributed by atoms with Crippen molar-refractivity contribution in [1.29, 1.82) is 0 Å². The minimum absolute atomic E-state index is 0.580. The molecule has 4 rings (SSSR count). The zero-order valence-corrected chi connectivity index (χ0v) is 15.5. The largest absolute Gasteiger partial charge is 0.452 e. The van der Waals surface area contributed by atoms with Crippen molar-refractivity contribution in [2.24, 2.45) is 0 Å². The Kier molecular flexibility index (Phi) is 4.96. The van der Waals surface area contributed by atoms with Crippen molar-refractivity contribution in [3.05, 3.63) is 109 Å². The topological polar surface area (TPSA) is 0 Å². The van der Waals surface area contributed by atoms with E-state index in [4.69, 9.17) is 0 Å². The zero-order valence-electron chi connectivity index (χ0n) is 14.1. The number of rotatable bonds is 4. The molecule has 0 N–H and O–H groups in total. The molecular weight excluding hydrogens is 313 g/mol. The van der Waals surface area contributed by atoms with Crippen molar-refractivity contribution in [3.8, 4) is 22.3 Å². The summed E-state index contributed by atoms with van der Waals surface area (Å²) in [6.45, 7) is 0. The molecule has 0 atom stereocenters. The summed E-state index contributed by atoms with van der Waals surface area (Å²) in [4.78, 5) is 0. The van der Waals surface area contributed by atoms with E-state index in [2.05, 4.69) is 109 Å². The van der Waals surface area contributed by atoms with Crippen molar-refractivity contribution >= 4 is 27.8 Å². The van der Waals surface area contributed by atoms with Crippen molar-refractivity contribution in [2.75, 3.05) is 0 Å². The quantitative estimate of drug-likeness (QED) is 0.477. The van der Waals surface area contributed by atoms with Crippen LogP contribution in [0, 0.1) is 0 Å². The van der Waals surface area contributed by atoms with E-state index in [0.717, 1.165) is 0 Å². The van der Waals surface area contributed by atoms with Gasteiger partial charge in [0.1, 0.15) is 0 Å². The van der Waals surface area contributed by atoms with Crippen LogP contribution in [0.25, 0.3) is 22.3 Å². The molecule has 0 saturated carbocycles. The molecule has 1 heteroatoms. The van der Waals surface area contributed by atoms with Crippen LogP contribution in [-0.2, 0) is 0 Å². The van der Waals surface area contributed by atoms with Gasteiger partial charge in [0.05, 0.1) is 0 Å². The molecule has 0 bridgehead atoms. The second-order valence-electron chi connectivity index (χ2n) is 6.22. The van der Waals surface area contributed by atoms with E-state index in [1.165, 1.54) is 29.6 Å². The summed E-state index contributed by atoms with van der Waals surface area (Å²) in [5, 5.41) is 0. The van der Waals surface area contributed by atoms with E-state index in [1.807, 2.05) is 0 Å². The van der Waals surface area contributed by atoms with Crippen LogP contribution in [0.3, 0.4) is 0 Å². The van der Waals surface area contributed by atoms with Gasteiger partial charge in [0, 0.05) is 0 Å². The molecule has 0 nitrogen and oxygen atoms in total. The lowest BCUT2D eigenvalue weighted by Gasteiger charge is -2.13. The van der Waals surface area contributed by atoms with Gasteiger partial charge in [0.15, 0.2) is 0 Å². The molecule has 0 fully saturated rings. The highest BCUT2D eigenvalue weighted by Crippen LogP contribution is 2.18. The molecule has 0 aromatic heterocycles. The first-order chi connectivity index (χ1) is 12.4. The van der Waals surface area contributed by atoms with Crippen LogP contribution in [0.1, 0.15) is 0 Å². The third-order valence-electron chi connectivity index (χ3n) is 4.59. The van der Waals surface area contributed by atoms with Crippen molar-refractivity contribution in [1.82, 2.24) is 0 Å². The normalized spacial score (nSPS) is 10.2. The SMILES string of the molecule is c1ccc(-c2cccc[c]2[Mg][c]2ccccc2-c2ccccc2)cc1. The molecule has 4 aromatic rings. The van der Waals surface area contributed by atoms with Crippen LogP contribution in [0.15, 0.2) is 109 Å². The Labute approximate surface area is 158 Å². The zero-order chi connectivity index (χ0) is 16.9. The molecule has 0 aliphatic carbocycles. The lowest BCUT2D eigenvalue weighted by atomic mass is 10.1. The summed E-state index contributed by atoms with van der Waals surface area (Å²) in [6.07, 6.45) is 0. The molecule has 0 spiro atoms. The molecule has 0 heterocycles. The molecule has 0 saturated heterocycles. The first-order valence-electron chi connectivity index (χ1n) is 8.68. The van der Waals surface area contributed by atoms with E-state index in [9.17, 15) is 0 Å². The molecule has 0 aliphatic rings. The molecule has 116 valence electrons. The fourth-order valence-electron chi connectivity index (χ4n) is 3.35. The number of hydrogen-bond donors (Lipinski definition) is 0. The van der Waals surface area contributed by atoms with E-state index < -0.39 is 20.4 Å². The first kappa shape index (κ1) is 16.1. The van der Waals surface area contributed by atoms with Gasteiger partial charge in [-0.15, -0.1) is 0 Å². The van der Waals surface area contributed by atoms with Crippen molar-refractivity contribution < 1.29 is 0 Å². The van der Waals surface area contributed by atoms with E-state index in [0.29, 0.717) is 0 Å². The third kappa shape index (κ3) is 3.68. The second-order valence-corrected chi connectivity index (χ2v) is 8.10. The minimum atomic E-state index is -0.580. The summed E-state index contributed by atoms with van der Waals surface area (Å²) < 4.78 is 2.99. The summed E-state index contributed by atoms with van der Waals surface area (Å²) in [5.74, 6) is 0. The Balaban J connectivity index is 1.76. The fraction of sp³-hybridized carbons (Fsp3) is 0. The summed E-state index contributed by atoms with van der Waals surface area (Å²) in [6, 6.07) is 39.2. The molecular formula is C24H18Mg. The van der Waals surface area contributed by atoms with Crippen LogP contribution in [0.5, 0.6) is 0 Å². The predicted molar refractivity (Wildman–Crippen MR) is 109 cm³/mol. The highest BCUT2D eigenvalue weighted by atomic mass is 24.5. The van der Waals surface area contributed by atoms with E-state index in [1.54, 1.807) is 0 Å². The van der Waals surface area contributed by atoms with Crippen LogP contribution in [0.4, 0.5) is 0 Å². The van der Waals surface area contributed by atoms with Crippen molar-refractivity contribution in [2.45, 2.75) is 0 Å². The van der Waals surface area contributed by atoms with E-state index >= 15 is 0 Å². The fourth-order valence-corrected chi connectivity index (χ4v) is 5.30. The summed E-state index contributed by atoms with van der Waals surface area (Å²) in [5.41, 5.74) is 5.36. The highest BCUT2D eigenvalue weighted by molar-refractivity contribution is 6.70. The highest BCUT2D eigenvalue weighted by Gasteiger charge is 2.12. The minimum Gasteiger partial charge on any atom is -0.157 e. The molecule has 0 aliphatic heterocycles. The monoisotopic (exact) mass is 330 g/mol. The van der Waals surface area contributed by atoms with Crippen molar-refractivity contribution in [3.63, 3.8) is 0 Å². The average Bonchev–Trinajstić information content (AvgIpc) is 2.70. The van der Waals surface area contributed by atoms with Gasteiger partial charge in [-0.2, -0.15) is 7.39 Å². The van der Waals surface area contributed by atoms with Crippen LogP contribution in [-0.4, -0.2) is 20.4 Å². The molecule has 0 unspecified atom stereocenters. The second kappa shape index (κ2) is 7.69. The number of hydrogen-bond acceptors (Lipinski definition) is 0. The van der Waals surface area contributed by atoms with Gasteiger partial charge in [-0.25, -0.2) is 0 Å². The van der Waals surface area contributed by atoms with Gasteiger partial charge in [0.2, 0.25) is 0 Å². The lowest BCUT2D eigenvalue weighted by Crippen LogP contribution is -2.30. The van der Waals surface area contributed by atoms with Gasteiger partial charge >= 0.3 is 20.4 Å². The molecule has 0 amide bonds. The average molecular weight is 331 g/mol. The van der Waals surface area contributed by atoms with Gasteiger partial charge < -0.3 is 0 Å². The third-order valence-corrected chi connectivity index (χ3v) is 6.58. The number of benzene rings is 4. The van der Waals surface area contributed by atoms with Crippen LogP contribution < -0.4 is 7.39 Å². The van der Waals surface area contributed by atoms with Gasteiger partial charge in [-0.05, 0) is 22.3 Å².